The van der Waals surface area contributed by atoms with Gasteiger partial charge in [-0.05, 0) is 40.7 Å². The van der Waals surface area contributed by atoms with Gasteiger partial charge < -0.3 is 10.4 Å². The number of pyridine rings is 1. The number of hydrogen-bond donors (Lipinski definition) is 2. The van der Waals surface area contributed by atoms with Gasteiger partial charge in [-0.25, -0.2) is 4.98 Å². The van der Waals surface area contributed by atoms with E-state index in [9.17, 15) is 4.79 Å². The van der Waals surface area contributed by atoms with E-state index in [1.165, 1.54) is 6.20 Å². The van der Waals surface area contributed by atoms with Gasteiger partial charge in [0.05, 0.1) is 5.56 Å². The van der Waals surface area contributed by atoms with Crippen LogP contribution in [-0.2, 0) is 0 Å². The number of amides is 1. The van der Waals surface area contributed by atoms with Crippen LogP contribution in [0.4, 0.5) is 0 Å². The van der Waals surface area contributed by atoms with Crippen LogP contribution in [0.15, 0.2) is 22.9 Å². The highest BCUT2D eigenvalue weighted by molar-refractivity contribution is 9.10. The maximum absolute atomic E-state index is 11.9. The summed E-state index contributed by atoms with van der Waals surface area (Å²) in [6, 6.07) is 3.43. The monoisotopic (exact) mass is 318 g/mol. The highest BCUT2D eigenvalue weighted by Gasteiger charge is 2.13. The number of aliphatic hydroxyl groups excluding tert-OH is 1. The van der Waals surface area contributed by atoms with Crippen molar-refractivity contribution in [2.75, 3.05) is 18.6 Å². The number of nitrogens with one attached hydrogen (secondary N) is 1. The van der Waals surface area contributed by atoms with Gasteiger partial charge in [-0.2, -0.15) is 11.8 Å². The van der Waals surface area contributed by atoms with Crippen molar-refractivity contribution in [3.05, 3.63) is 28.5 Å². The number of aliphatic hydroxyl groups is 1. The Hall–Kier alpha value is -0.590. The van der Waals surface area contributed by atoms with E-state index in [1.807, 2.05) is 6.26 Å². The number of thioether (sulfide) groups is 1. The topological polar surface area (TPSA) is 62.2 Å². The van der Waals surface area contributed by atoms with Crippen molar-refractivity contribution in [2.24, 2.45) is 0 Å². The maximum atomic E-state index is 11.9. The lowest BCUT2D eigenvalue weighted by Gasteiger charge is -2.16. The number of nitrogens with zero attached hydrogens (tertiary/aromatic N) is 1. The van der Waals surface area contributed by atoms with Crippen LogP contribution in [0.25, 0.3) is 0 Å². The predicted molar refractivity (Wildman–Crippen MR) is 73.3 cm³/mol. The van der Waals surface area contributed by atoms with Crippen molar-refractivity contribution in [3.8, 4) is 0 Å². The lowest BCUT2D eigenvalue weighted by Crippen LogP contribution is -2.37. The third-order valence-corrected chi connectivity index (χ3v) is 3.37. The molecule has 94 valence electrons. The van der Waals surface area contributed by atoms with Crippen LogP contribution >= 0.6 is 27.7 Å². The molecule has 0 saturated heterocycles. The molecule has 4 nitrogen and oxygen atoms in total. The summed E-state index contributed by atoms with van der Waals surface area (Å²) in [5, 5.41) is 11.8. The van der Waals surface area contributed by atoms with Crippen LogP contribution in [0.2, 0.25) is 0 Å². The maximum Gasteiger partial charge on any atom is 0.253 e. The predicted octanol–water partition coefficient (Wildman–Crippen LogP) is 1.69. The van der Waals surface area contributed by atoms with E-state index in [0.717, 1.165) is 5.75 Å². The standard InChI is InChI=1S/C11H15BrN2O2S/c1-17-7-9(4-5-15)14-11(16)8-2-3-10(12)13-6-8/h2-3,6,9,15H,4-5,7H2,1H3,(H,14,16). The summed E-state index contributed by atoms with van der Waals surface area (Å²) >= 11 is 4.86. The molecule has 1 atom stereocenters. The summed E-state index contributed by atoms with van der Waals surface area (Å²) in [5.74, 6) is 0.633. The van der Waals surface area contributed by atoms with Crippen LogP contribution in [0.3, 0.4) is 0 Å². The molecule has 1 aromatic heterocycles. The normalized spacial score (nSPS) is 12.2. The minimum absolute atomic E-state index is 0.00820. The average molecular weight is 319 g/mol. The summed E-state index contributed by atoms with van der Waals surface area (Å²) in [4.78, 5) is 15.9. The average Bonchev–Trinajstić information content (AvgIpc) is 2.30. The largest absolute Gasteiger partial charge is 0.396 e. The van der Waals surface area contributed by atoms with E-state index in [2.05, 4.69) is 26.2 Å². The van der Waals surface area contributed by atoms with Gasteiger partial charge in [0.15, 0.2) is 0 Å². The van der Waals surface area contributed by atoms with Gasteiger partial charge in [0.2, 0.25) is 0 Å². The van der Waals surface area contributed by atoms with Crippen molar-refractivity contribution in [1.82, 2.24) is 10.3 Å². The van der Waals surface area contributed by atoms with Gasteiger partial charge >= 0.3 is 0 Å². The number of rotatable bonds is 6. The van der Waals surface area contributed by atoms with Crippen molar-refractivity contribution in [3.63, 3.8) is 0 Å². The fourth-order valence-electron chi connectivity index (χ4n) is 1.33. The molecule has 0 fully saturated rings. The SMILES string of the molecule is CSCC(CCO)NC(=O)c1ccc(Br)nc1. The Morgan fingerprint density at radius 1 is 1.65 bits per heavy atom. The number of hydrogen-bond acceptors (Lipinski definition) is 4. The lowest BCUT2D eigenvalue weighted by atomic mass is 10.2. The molecule has 0 aromatic carbocycles. The molecule has 0 aliphatic heterocycles. The summed E-state index contributed by atoms with van der Waals surface area (Å²) in [6.07, 6.45) is 4.06. The molecule has 17 heavy (non-hydrogen) atoms. The van der Waals surface area contributed by atoms with Crippen molar-refractivity contribution in [1.29, 1.82) is 0 Å². The third kappa shape index (κ3) is 5.06. The molecule has 0 saturated carbocycles. The van der Waals surface area contributed by atoms with Crippen LogP contribution in [0, 0.1) is 0 Å². The smallest absolute Gasteiger partial charge is 0.253 e. The first-order valence-corrected chi connectivity index (χ1v) is 7.38. The molecule has 1 amide bonds. The van der Waals surface area contributed by atoms with Gasteiger partial charge in [0, 0.05) is 24.6 Å². The molecule has 1 aromatic rings. The number of carbonyl (C=O) groups excluding carboxylic acids is 1. The first-order chi connectivity index (χ1) is 8.17. The summed E-state index contributed by atoms with van der Waals surface area (Å²) in [6.45, 7) is 0.0735. The number of halogens is 1. The Balaban J connectivity index is 2.60. The fraction of sp³-hybridized carbons (Fsp3) is 0.455. The van der Waals surface area contributed by atoms with Crippen LogP contribution < -0.4 is 5.32 Å². The van der Waals surface area contributed by atoms with Crippen LogP contribution in [0.5, 0.6) is 0 Å². The van der Waals surface area contributed by atoms with E-state index >= 15 is 0 Å². The summed E-state index contributed by atoms with van der Waals surface area (Å²) < 4.78 is 0.699. The van der Waals surface area contributed by atoms with Gasteiger partial charge in [0.25, 0.3) is 5.91 Å². The summed E-state index contributed by atoms with van der Waals surface area (Å²) in [7, 11) is 0. The quantitative estimate of drug-likeness (QED) is 0.783. The highest BCUT2D eigenvalue weighted by Crippen LogP contribution is 2.07. The molecule has 1 unspecified atom stereocenters. The highest BCUT2D eigenvalue weighted by atomic mass is 79.9. The molecule has 1 heterocycles. The van der Waals surface area contributed by atoms with Crippen molar-refractivity contribution < 1.29 is 9.90 Å². The second kappa shape index (κ2) is 7.68. The fourth-order valence-corrected chi connectivity index (χ4v) is 2.22. The first-order valence-electron chi connectivity index (χ1n) is 5.19. The van der Waals surface area contributed by atoms with E-state index < -0.39 is 0 Å². The van der Waals surface area contributed by atoms with Gasteiger partial charge in [-0.15, -0.1) is 0 Å². The number of carbonyl (C=O) groups is 1. The second-order valence-electron chi connectivity index (χ2n) is 3.51. The zero-order chi connectivity index (χ0) is 12.7. The molecule has 1 rings (SSSR count). The third-order valence-electron chi connectivity index (χ3n) is 2.17. The molecule has 0 aliphatic carbocycles. The lowest BCUT2D eigenvalue weighted by molar-refractivity contribution is 0.0935. The Morgan fingerprint density at radius 2 is 2.41 bits per heavy atom. The molecule has 0 radical (unpaired) electrons. The molecular weight excluding hydrogens is 304 g/mol. The van der Waals surface area contributed by atoms with Gasteiger partial charge in [-0.3, -0.25) is 4.79 Å². The second-order valence-corrected chi connectivity index (χ2v) is 5.23. The zero-order valence-electron chi connectivity index (χ0n) is 9.52. The molecular formula is C11H15BrN2O2S. The Bertz CT molecular complexity index is 353. The zero-order valence-corrected chi connectivity index (χ0v) is 11.9. The minimum Gasteiger partial charge on any atom is -0.396 e. The molecule has 6 heteroatoms. The Labute approximate surface area is 113 Å². The van der Waals surface area contributed by atoms with Crippen LogP contribution in [-0.4, -0.2) is 40.7 Å². The molecule has 0 spiro atoms. The van der Waals surface area contributed by atoms with Gasteiger partial charge in [0.1, 0.15) is 4.60 Å². The van der Waals surface area contributed by atoms with Crippen LogP contribution in [0.1, 0.15) is 16.8 Å². The Morgan fingerprint density at radius 3 is 2.94 bits per heavy atom. The van der Waals surface area contributed by atoms with E-state index in [-0.39, 0.29) is 18.6 Å². The number of aromatic nitrogens is 1. The van der Waals surface area contributed by atoms with Crippen molar-refractivity contribution >= 4 is 33.6 Å². The minimum atomic E-state index is -0.155. The van der Waals surface area contributed by atoms with E-state index in [1.54, 1.807) is 23.9 Å². The van der Waals surface area contributed by atoms with Gasteiger partial charge in [-0.1, -0.05) is 0 Å². The Kier molecular flexibility index (Phi) is 6.54. The molecule has 2 N–H and O–H groups in total. The molecule has 0 aliphatic rings. The van der Waals surface area contributed by atoms with E-state index in [4.69, 9.17) is 5.11 Å². The van der Waals surface area contributed by atoms with E-state index in [0.29, 0.717) is 16.6 Å². The first kappa shape index (κ1) is 14.5. The van der Waals surface area contributed by atoms with Crippen molar-refractivity contribution in [2.45, 2.75) is 12.5 Å². The molecule has 0 bridgehead atoms. The summed E-state index contributed by atoms with van der Waals surface area (Å²) in [5.41, 5.74) is 0.525.